The smallest absolute Gasteiger partial charge is 0.223 e. The number of ether oxygens (including phenoxy) is 1. The summed E-state index contributed by atoms with van der Waals surface area (Å²) in [6.07, 6.45) is 11.3. The van der Waals surface area contributed by atoms with Gasteiger partial charge in [-0.2, -0.15) is 0 Å². The van der Waals surface area contributed by atoms with E-state index in [0.717, 1.165) is 12.3 Å². The van der Waals surface area contributed by atoms with Gasteiger partial charge in [0.05, 0.1) is 19.5 Å². The van der Waals surface area contributed by atoms with Crippen LogP contribution >= 0.6 is 0 Å². The maximum Gasteiger partial charge on any atom is 0.223 e. The minimum atomic E-state index is 0.499. The monoisotopic (exact) mass is 249 g/mol. The van der Waals surface area contributed by atoms with E-state index in [1.165, 1.54) is 32.1 Å². The molecular formula is C14H23N3O. The molecule has 0 amide bonds. The van der Waals surface area contributed by atoms with Crippen molar-refractivity contribution in [2.45, 2.75) is 51.5 Å². The summed E-state index contributed by atoms with van der Waals surface area (Å²) in [7, 11) is 1.63. The summed E-state index contributed by atoms with van der Waals surface area (Å²) in [6, 6.07) is 0.499. The van der Waals surface area contributed by atoms with Crippen LogP contribution in [-0.2, 0) is 0 Å². The fourth-order valence-corrected chi connectivity index (χ4v) is 2.75. The molecule has 18 heavy (non-hydrogen) atoms. The highest BCUT2D eigenvalue weighted by molar-refractivity contribution is 5.28. The summed E-state index contributed by atoms with van der Waals surface area (Å²) < 4.78 is 5.06. The minimum Gasteiger partial charge on any atom is -0.494 e. The largest absolute Gasteiger partial charge is 0.494 e. The first-order valence-corrected chi connectivity index (χ1v) is 6.96. The Labute approximate surface area is 109 Å². The van der Waals surface area contributed by atoms with Crippen LogP contribution in [0.5, 0.6) is 5.75 Å². The lowest BCUT2D eigenvalue weighted by Crippen LogP contribution is -2.30. The molecular weight excluding hydrogens is 226 g/mol. The van der Waals surface area contributed by atoms with Gasteiger partial charge in [0.15, 0.2) is 5.75 Å². The molecule has 4 heteroatoms. The third kappa shape index (κ3) is 3.34. The van der Waals surface area contributed by atoms with Crippen molar-refractivity contribution in [3.8, 4) is 5.75 Å². The predicted octanol–water partition coefficient (Wildman–Crippen LogP) is 3.26. The third-order valence-electron chi connectivity index (χ3n) is 3.84. The molecule has 1 aliphatic rings. The van der Waals surface area contributed by atoms with Crippen LogP contribution in [0.2, 0.25) is 0 Å². The van der Waals surface area contributed by atoms with E-state index in [9.17, 15) is 0 Å². The molecule has 1 fully saturated rings. The Morgan fingerprint density at radius 2 is 1.94 bits per heavy atom. The van der Waals surface area contributed by atoms with Crippen LogP contribution in [-0.4, -0.2) is 23.1 Å². The van der Waals surface area contributed by atoms with Gasteiger partial charge in [-0.15, -0.1) is 0 Å². The maximum absolute atomic E-state index is 5.06. The summed E-state index contributed by atoms with van der Waals surface area (Å²) in [6.45, 7) is 2.23. The number of rotatable bonds is 5. The molecule has 100 valence electrons. The van der Waals surface area contributed by atoms with Gasteiger partial charge in [-0.05, 0) is 25.2 Å². The highest BCUT2D eigenvalue weighted by Crippen LogP contribution is 2.29. The molecule has 1 saturated carbocycles. The van der Waals surface area contributed by atoms with E-state index < -0.39 is 0 Å². The fraction of sp³-hybridized carbons (Fsp3) is 0.714. The second-order valence-electron chi connectivity index (χ2n) is 5.00. The molecule has 1 N–H and O–H groups in total. The zero-order valence-corrected chi connectivity index (χ0v) is 11.4. The van der Waals surface area contributed by atoms with E-state index in [4.69, 9.17) is 4.74 Å². The number of hydrogen-bond acceptors (Lipinski definition) is 4. The molecule has 1 aromatic rings. The lowest BCUT2D eigenvalue weighted by Gasteiger charge is -2.30. The molecule has 0 aliphatic heterocycles. The van der Waals surface area contributed by atoms with Crippen LogP contribution in [0.1, 0.15) is 45.4 Å². The lowest BCUT2D eigenvalue weighted by molar-refractivity contribution is 0.312. The molecule has 0 spiro atoms. The number of hydrogen-bond donors (Lipinski definition) is 1. The number of aromatic nitrogens is 2. The fourth-order valence-electron chi connectivity index (χ4n) is 2.75. The van der Waals surface area contributed by atoms with Crippen LogP contribution in [0.3, 0.4) is 0 Å². The van der Waals surface area contributed by atoms with E-state index >= 15 is 0 Å². The van der Waals surface area contributed by atoms with E-state index in [2.05, 4.69) is 22.2 Å². The summed E-state index contributed by atoms with van der Waals surface area (Å²) in [5.41, 5.74) is 0. The van der Waals surface area contributed by atoms with Crippen molar-refractivity contribution in [1.82, 2.24) is 9.97 Å². The quantitative estimate of drug-likeness (QED) is 0.870. The summed E-state index contributed by atoms with van der Waals surface area (Å²) in [5, 5.41) is 3.47. The molecule has 1 aromatic heterocycles. The second kappa shape index (κ2) is 6.57. The molecule has 1 atom stereocenters. The van der Waals surface area contributed by atoms with Crippen molar-refractivity contribution in [1.29, 1.82) is 0 Å². The highest BCUT2D eigenvalue weighted by atomic mass is 16.5. The lowest BCUT2D eigenvalue weighted by atomic mass is 9.83. The molecule has 0 radical (unpaired) electrons. The minimum absolute atomic E-state index is 0.499. The second-order valence-corrected chi connectivity index (χ2v) is 5.00. The van der Waals surface area contributed by atoms with E-state index in [0.29, 0.717) is 17.7 Å². The molecule has 0 aromatic carbocycles. The molecule has 1 unspecified atom stereocenters. The topological polar surface area (TPSA) is 47.0 Å². The predicted molar refractivity (Wildman–Crippen MR) is 72.9 cm³/mol. The van der Waals surface area contributed by atoms with Crippen molar-refractivity contribution >= 4 is 5.95 Å². The first kappa shape index (κ1) is 13.1. The molecule has 0 bridgehead atoms. The van der Waals surface area contributed by atoms with Gasteiger partial charge in [-0.1, -0.05) is 26.2 Å². The average Bonchev–Trinajstić information content (AvgIpc) is 2.46. The number of methoxy groups -OCH3 is 1. The van der Waals surface area contributed by atoms with Gasteiger partial charge in [0.2, 0.25) is 5.95 Å². The van der Waals surface area contributed by atoms with E-state index in [-0.39, 0.29) is 0 Å². The van der Waals surface area contributed by atoms with Crippen molar-refractivity contribution in [3.05, 3.63) is 12.4 Å². The Morgan fingerprint density at radius 1 is 1.28 bits per heavy atom. The molecule has 0 saturated heterocycles. The van der Waals surface area contributed by atoms with Crippen LogP contribution < -0.4 is 10.1 Å². The van der Waals surface area contributed by atoms with Crippen molar-refractivity contribution < 1.29 is 4.74 Å². The van der Waals surface area contributed by atoms with Crippen LogP contribution in [0.4, 0.5) is 5.95 Å². The number of nitrogens with one attached hydrogen (secondary N) is 1. The Kier molecular flexibility index (Phi) is 4.79. The van der Waals surface area contributed by atoms with Gasteiger partial charge in [0, 0.05) is 6.04 Å². The SMILES string of the molecule is CCC(Nc1ncc(OC)cn1)C1CCCCC1. The number of anilines is 1. The number of nitrogens with zero attached hydrogens (tertiary/aromatic N) is 2. The van der Waals surface area contributed by atoms with Gasteiger partial charge >= 0.3 is 0 Å². The normalized spacial score (nSPS) is 18.3. The molecule has 1 heterocycles. The van der Waals surface area contributed by atoms with Crippen molar-refractivity contribution in [3.63, 3.8) is 0 Å². The van der Waals surface area contributed by atoms with Crippen molar-refractivity contribution in [2.24, 2.45) is 5.92 Å². The Balaban J connectivity index is 1.95. The molecule has 1 aliphatic carbocycles. The zero-order valence-electron chi connectivity index (χ0n) is 11.4. The third-order valence-corrected chi connectivity index (χ3v) is 3.84. The molecule has 2 rings (SSSR count). The van der Waals surface area contributed by atoms with Gasteiger partial charge in [0.25, 0.3) is 0 Å². The zero-order chi connectivity index (χ0) is 12.8. The standard InChI is InChI=1S/C14H23N3O/c1-3-13(11-7-5-4-6-8-11)17-14-15-9-12(18-2)10-16-14/h9-11,13H,3-8H2,1-2H3,(H,15,16,17). The maximum atomic E-state index is 5.06. The van der Waals surface area contributed by atoms with Crippen LogP contribution in [0.15, 0.2) is 12.4 Å². The highest BCUT2D eigenvalue weighted by Gasteiger charge is 2.22. The summed E-state index contributed by atoms with van der Waals surface area (Å²) >= 11 is 0. The summed E-state index contributed by atoms with van der Waals surface area (Å²) in [5.74, 6) is 2.19. The average molecular weight is 249 g/mol. The van der Waals surface area contributed by atoms with Crippen LogP contribution in [0, 0.1) is 5.92 Å². The van der Waals surface area contributed by atoms with Gasteiger partial charge in [-0.3, -0.25) is 0 Å². The first-order chi connectivity index (χ1) is 8.83. The van der Waals surface area contributed by atoms with E-state index in [1.807, 2.05) is 0 Å². The van der Waals surface area contributed by atoms with Crippen molar-refractivity contribution in [2.75, 3.05) is 12.4 Å². The van der Waals surface area contributed by atoms with Crippen LogP contribution in [0.25, 0.3) is 0 Å². The Morgan fingerprint density at radius 3 is 2.50 bits per heavy atom. The molecule has 4 nitrogen and oxygen atoms in total. The Bertz CT molecular complexity index is 347. The Hall–Kier alpha value is -1.32. The van der Waals surface area contributed by atoms with Gasteiger partial charge < -0.3 is 10.1 Å². The van der Waals surface area contributed by atoms with Gasteiger partial charge in [0.1, 0.15) is 0 Å². The van der Waals surface area contributed by atoms with Gasteiger partial charge in [-0.25, -0.2) is 9.97 Å². The van der Waals surface area contributed by atoms with E-state index in [1.54, 1.807) is 19.5 Å². The summed E-state index contributed by atoms with van der Waals surface area (Å²) in [4.78, 5) is 8.57. The first-order valence-electron chi connectivity index (χ1n) is 6.96.